The number of nitrogens with zero attached hydrogens (tertiary/aromatic N) is 1. The van der Waals surface area contributed by atoms with Gasteiger partial charge in [-0.05, 0) is 25.0 Å². The van der Waals surface area contributed by atoms with E-state index in [0.29, 0.717) is 5.56 Å². The number of carbonyl (C=O) groups is 3. The summed E-state index contributed by atoms with van der Waals surface area (Å²) in [5.74, 6) is -2.64. The third-order valence-corrected chi connectivity index (χ3v) is 3.25. The van der Waals surface area contributed by atoms with Crippen molar-refractivity contribution >= 4 is 23.7 Å². The third-order valence-electron chi connectivity index (χ3n) is 3.25. The molecule has 0 aliphatic carbocycles. The molecule has 12 nitrogen and oxygen atoms in total. The molecule has 0 bridgehead atoms. The standard InChI is InChI=1S/C15H22N6O6/c16-15(20-21(26)27)17-8-4-7-11(14(24)25)19-12(22)9-18-13(23)10-5-2-1-3-6-10/h1-3,5-6,11,21,26H,4,7-9H2,(H,18,23)(H,19,22)(H,24,25)(H3,16,17,20)/t11-/m1/s1. The second-order valence-electron chi connectivity index (χ2n) is 5.35. The Labute approximate surface area is 154 Å². The summed E-state index contributed by atoms with van der Waals surface area (Å²) in [6.07, 6.45) is 0.299. The van der Waals surface area contributed by atoms with Crippen LogP contribution in [0.2, 0.25) is 0 Å². The highest BCUT2D eigenvalue weighted by molar-refractivity contribution is 5.96. The molecule has 148 valence electrons. The Morgan fingerprint density at radius 1 is 1.26 bits per heavy atom. The predicted molar refractivity (Wildman–Crippen MR) is 93.3 cm³/mol. The molecular weight excluding hydrogens is 360 g/mol. The van der Waals surface area contributed by atoms with Crippen molar-refractivity contribution in [3.05, 3.63) is 41.1 Å². The lowest BCUT2D eigenvalue weighted by Gasteiger charge is -2.15. The Morgan fingerprint density at radius 3 is 2.52 bits per heavy atom. The molecule has 1 aromatic rings. The summed E-state index contributed by atoms with van der Waals surface area (Å²) in [7, 11) is 0. The summed E-state index contributed by atoms with van der Waals surface area (Å²) in [6, 6.07) is 7.09. The Kier molecular flexibility index (Phi) is 9.22. The van der Waals surface area contributed by atoms with Gasteiger partial charge >= 0.3 is 5.97 Å². The predicted octanol–water partition coefficient (Wildman–Crippen LogP) is -2.64. The molecule has 0 saturated heterocycles. The number of carboxylic acid groups (broad SMARTS) is 1. The van der Waals surface area contributed by atoms with E-state index >= 15 is 0 Å². The van der Waals surface area contributed by atoms with Gasteiger partial charge in [0.15, 0.2) is 0 Å². The van der Waals surface area contributed by atoms with Crippen LogP contribution in [0.25, 0.3) is 0 Å². The van der Waals surface area contributed by atoms with Gasteiger partial charge in [0.05, 0.1) is 6.54 Å². The molecule has 27 heavy (non-hydrogen) atoms. The summed E-state index contributed by atoms with van der Waals surface area (Å²) in [5, 5.41) is 31.3. The summed E-state index contributed by atoms with van der Waals surface area (Å²) < 4.78 is 0. The smallest absolute Gasteiger partial charge is 0.326 e. The molecule has 8 N–H and O–H groups in total. The van der Waals surface area contributed by atoms with Crippen molar-refractivity contribution in [1.82, 2.24) is 16.1 Å². The van der Waals surface area contributed by atoms with Crippen LogP contribution in [0.15, 0.2) is 35.3 Å². The fourth-order valence-corrected chi connectivity index (χ4v) is 2.00. The molecule has 0 fully saturated rings. The minimum Gasteiger partial charge on any atom is -0.574 e. The Bertz CT molecular complexity index is 666. The normalized spacial score (nSPS) is 13.3. The van der Waals surface area contributed by atoms with E-state index in [1.165, 1.54) is 0 Å². The SMILES string of the molecule is NC(=NCCC[C@@H](NC(=O)CNC(=O)c1ccccc1)C(=O)O)N[NH+]([O-])O. The summed E-state index contributed by atoms with van der Waals surface area (Å²) in [5.41, 5.74) is 7.50. The lowest BCUT2D eigenvalue weighted by atomic mass is 10.1. The lowest BCUT2D eigenvalue weighted by Crippen LogP contribution is -3.13. The van der Waals surface area contributed by atoms with Crippen molar-refractivity contribution in [3.8, 4) is 0 Å². The molecule has 2 atom stereocenters. The first-order valence-corrected chi connectivity index (χ1v) is 7.95. The van der Waals surface area contributed by atoms with Crippen molar-refractivity contribution < 1.29 is 30.0 Å². The first-order chi connectivity index (χ1) is 12.8. The van der Waals surface area contributed by atoms with Gasteiger partial charge in [0.2, 0.25) is 11.9 Å². The lowest BCUT2D eigenvalue weighted by molar-refractivity contribution is -1.08. The fourth-order valence-electron chi connectivity index (χ4n) is 2.00. The highest BCUT2D eigenvalue weighted by Gasteiger charge is 2.19. The Balaban J connectivity index is 2.39. The molecular formula is C15H22N6O6. The van der Waals surface area contributed by atoms with Crippen molar-refractivity contribution in [3.63, 3.8) is 0 Å². The number of guanidine groups is 1. The van der Waals surface area contributed by atoms with Crippen LogP contribution in [0, 0.1) is 5.21 Å². The molecule has 0 aliphatic heterocycles. The zero-order valence-electron chi connectivity index (χ0n) is 14.3. The molecule has 0 spiro atoms. The fraction of sp³-hybridized carbons (Fsp3) is 0.333. The van der Waals surface area contributed by atoms with Gasteiger partial charge in [-0.25, -0.2) is 9.79 Å². The van der Waals surface area contributed by atoms with Crippen molar-refractivity contribution in [2.75, 3.05) is 13.1 Å². The second kappa shape index (κ2) is 11.4. The van der Waals surface area contributed by atoms with Crippen LogP contribution in [-0.2, 0) is 9.59 Å². The Morgan fingerprint density at radius 2 is 1.93 bits per heavy atom. The zero-order valence-corrected chi connectivity index (χ0v) is 14.3. The number of amides is 2. The van der Waals surface area contributed by atoms with Crippen molar-refractivity contribution in [2.45, 2.75) is 18.9 Å². The van der Waals surface area contributed by atoms with E-state index in [2.05, 4.69) is 15.6 Å². The van der Waals surface area contributed by atoms with E-state index in [1.807, 2.05) is 5.43 Å². The number of hydrogen-bond acceptors (Lipinski definition) is 6. The van der Waals surface area contributed by atoms with Gasteiger partial charge in [-0.1, -0.05) is 18.2 Å². The van der Waals surface area contributed by atoms with Crippen LogP contribution in [0.4, 0.5) is 0 Å². The number of rotatable bonds is 10. The van der Waals surface area contributed by atoms with Crippen molar-refractivity contribution in [1.29, 1.82) is 0 Å². The second-order valence-corrected chi connectivity index (χ2v) is 5.35. The number of benzene rings is 1. The van der Waals surface area contributed by atoms with Gasteiger partial charge in [-0.15, -0.1) is 5.34 Å². The molecule has 0 radical (unpaired) electrons. The van der Waals surface area contributed by atoms with Crippen LogP contribution >= 0.6 is 0 Å². The van der Waals surface area contributed by atoms with Crippen LogP contribution in [-0.4, -0.2) is 53.2 Å². The number of aliphatic imine (C=N–C) groups is 1. The molecule has 0 aliphatic rings. The molecule has 0 aromatic heterocycles. The van der Waals surface area contributed by atoms with Gasteiger partial charge in [0.25, 0.3) is 5.91 Å². The summed E-state index contributed by atoms with van der Waals surface area (Å²) in [4.78, 5) is 38.6. The largest absolute Gasteiger partial charge is 0.574 e. The van der Waals surface area contributed by atoms with Gasteiger partial charge in [-0.3, -0.25) is 9.59 Å². The maximum Gasteiger partial charge on any atom is 0.326 e. The number of carboxylic acids is 1. The number of carbonyl (C=O) groups excluding carboxylic acids is 2. The first kappa shape index (κ1) is 21.8. The average Bonchev–Trinajstić information content (AvgIpc) is 2.62. The number of aliphatic carboxylic acids is 1. The van der Waals surface area contributed by atoms with E-state index in [9.17, 15) is 19.6 Å². The van der Waals surface area contributed by atoms with Gasteiger partial charge < -0.3 is 26.7 Å². The maximum absolute atomic E-state index is 11.8. The van der Waals surface area contributed by atoms with Crippen molar-refractivity contribution in [2.24, 2.45) is 10.7 Å². The van der Waals surface area contributed by atoms with Crippen LogP contribution < -0.4 is 27.1 Å². The number of quaternary nitrogens is 1. The first-order valence-electron chi connectivity index (χ1n) is 7.95. The molecule has 0 heterocycles. The molecule has 12 heteroatoms. The molecule has 0 saturated carbocycles. The maximum atomic E-state index is 11.8. The molecule has 1 aromatic carbocycles. The van der Waals surface area contributed by atoms with E-state index < -0.39 is 29.2 Å². The zero-order chi connectivity index (χ0) is 20.2. The van der Waals surface area contributed by atoms with E-state index in [1.54, 1.807) is 30.3 Å². The minimum atomic E-state index is -1.36. The highest BCUT2D eigenvalue weighted by Crippen LogP contribution is 1.99. The number of nitrogens with one attached hydrogen (secondary N) is 4. The monoisotopic (exact) mass is 382 g/mol. The topological polar surface area (TPSA) is 194 Å². The van der Waals surface area contributed by atoms with Gasteiger partial charge in [0, 0.05) is 12.1 Å². The minimum absolute atomic E-state index is 0.0531. The Hall–Kier alpha value is -3.22. The molecule has 1 unspecified atom stereocenters. The van der Waals surface area contributed by atoms with Gasteiger partial charge in [0.1, 0.15) is 6.04 Å². The van der Waals surface area contributed by atoms with E-state index in [0.717, 1.165) is 0 Å². The quantitative estimate of drug-likeness (QED) is 0.0987. The van der Waals surface area contributed by atoms with Gasteiger partial charge in [-0.2, -0.15) is 10.6 Å². The number of hydrogen-bond donors (Lipinski definition) is 7. The summed E-state index contributed by atoms with van der Waals surface area (Å²) in [6.45, 7) is -0.290. The highest BCUT2D eigenvalue weighted by atomic mass is 16.8. The molecule has 1 rings (SSSR count). The van der Waals surface area contributed by atoms with Crippen LogP contribution in [0.1, 0.15) is 23.2 Å². The average molecular weight is 382 g/mol. The third kappa shape index (κ3) is 9.15. The van der Waals surface area contributed by atoms with E-state index in [-0.39, 0.29) is 31.9 Å². The number of nitrogens with two attached hydrogens (primary N) is 1. The summed E-state index contributed by atoms with van der Waals surface area (Å²) >= 11 is 0. The van der Waals surface area contributed by atoms with E-state index in [4.69, 9.17) is 16.0 Å². The molecule has 2 amide bonds. The van der Waals surface area contributed by atoms with Crippen LogP contribution in [0.5, 0.6) is 0 Å². The van der Waals surface area contributed by atoms with Crippen LogP contribution in [0.3, 0.4) is 0 Å².